The second-order valence-corrected chi connectivity index (χ2v) is 12.2. The van der Waals surface area contributed by atoms with E-state index in [0.29, 0.717) is 24.3 Å². The van der Waals surface area contributed by atoms with E-state index in [1.54, 1.807) is 5.56 Å². The highest BCUT2D eigenvalue weighted by Gasteiger charge is 2.42. The second-order valence-electron chi connectivity index (χ2n) is 12.2. The number of rotatable bonds is 5. The van der Waals surface area contributed by atoms with E-state index in [-0.39, 0.29) is 11.8 Å². The summed E-state index contributed by atoms with van der Waals surface area (Å²) in [6, 6.07) is 17.2. The number of anilines is 1. The number of carbonyl (C=O) groups excluding carboxylic acids is 2. The molecular weight excluding hydrogens is 472 g/mol. The highest BCUT2D eigenvalue weighted by atomic mass is 16.2. The van der Waals surface area contributed by atoms with Crippen LogP contribution in [0, 0.1) is 0 Å². The van der Waals surface area contributed by atoms with Gasteiger partial charge in [-0.2, -0.15) is 0 Å². The minimum absolute atomic E-state index is 0.0861. The second kappa shape index (κ2) is 10.5. The predicted octanol–water partition coefficient (Wildman–Crippen LogP) is 3.87. The molecule has 6 rings (SSSR count). The number of hydrogen-bond acceptors (Lipinski definition) is 4. The van der Waals surface area contributed by atoms with E-state index >= 15 is 0 Å². The molecule has 0 saturated carbocycles. The van der Waals surface area contributed by atoms with E-state index in [9.17, 15) is 9.59 Å². The van der Waals surface area contributed by atoms with Gasteiger partial charge in [-0.1, -0.05) is 42.5 Å². The maximum absolute atomic E-state index is 13.7. The van der Waals surface area contributed by atoms with Crippen LogP contribution in [0.4, 0.5) is 5.69 Å². The van der Waals surface area contributed by atoms with Gasteiger partial charge in [-0.15, -0.1) is 0 Å². The van der Waals surface area contributed by atoms with Crippen LogP contribution in [0.3, 0.4) is 0 Å². The Kier molecular flexibility index (Phi) is 7.04. The lowest BCUT2D eigenvalue weighted by atomic mass is 9.74. The van der Waals surface area contributed by atoms with E-state index in [1.807, 2.05) is 28.0 Å². The Morgan fingerprint density at radius 2 is 1.58 bits per heavy atom. The Bertz CT molecular complexity index is 1180. The molecule has 1 atom stereocenters. The quantitative estimate of drug-likeness (QED) is 0.608. The number of para-hydroxylation sites is 1. The van der Waals surface area contributed by atoms with Crippen molar-refractivity contribution in [1.29, 1.82) is 0 Å². The Morgan fingerprint density at radius 3 is 2.32 bits per heavy atom. The standard InChI is InChI=1S/C32H42N4O2/c1-33(2)26-12-19-35(20-13-26)31(38)29-23-25-8-4-6-10-28(25)36(29)30(37)14-18-34-21-16-32(17-22-34)15-11-24-7-3-5-9-27(24)32/h3-10,26,29H,11-23H2,1-2H3/t29-/m0/s1. The van der Waals surface area contributed by atoms with Crippen LogP contribution in [0.5, 0.6) is 0 Å². The van der Waals surface area contributed by atoms with Gasteiger partial charge in [-0.3, -0.25) is 14.5 Å². The van der Waals surface area contributed by atoms with Gasteiger partial charge in [0, 0.05) is 44.2 Å². The molecule has 6 nitrogen and oxygen atoms in total. The molecule has 2 amide bonds. The van der Waals surface area contributed by atoms with Crippen LogP contribution in [0.15, 0.2) is 48.5 Å². The number of likely N-dealkylation sites (tertiary alicyclic amines) is 2. The summed E-state index contributed by atoms with van der Waals surface area (Å²) in [6.45, 7) is 4.40. The molecule has 0 unspecified atom stereocenters. The van der Waals surface area contributed by atoms with Gasteiger partial charge in [0.2, 0.25) is 11.8 Å². The van der Waals surface area contributed by atoms with Crippen molar-refractivity contribution < 1.29 is 9.59 Å². The van der Waals surface area contributed by atoms with Gasteiger partial charge in [0.05, 0.1) is 0 Å². The maximum Gasteiger partial charge on any atom is 0.246 e. The van der Waals surface area contributed by atoms with Gasteiger partial charge < -0.3 is 14.7 Å². The van der Waals surface area contributed by atoms with Crippen molar-refractivity contribution in [2.45, 2.75) is 68.9 Å². The molecule has 2 aromatic carbocycles. The highest BCUT2D eigenvalue weighted by molar-refractivity contribution is 6.03. The van der Waals surface area contributed by atoms with Crippen LogP contribution < -0.4 is 4.90 Å². The lowest BCUT2D eigenvalue weighted by molar-refractivity contribution is -0.135. The minimum Gasteiger partial charge on any atom is -0.341 e. The fourth-order valence-electron chi connectivity index (χ4n) is 7.57. The van der Waals surface area contributed by atoms with Crippen molar-refractivity contribution in [3.8, 4) is 0 Å². The normalized spacial score (nSPS) is 23.2. The van der Waals surface area contributed by atoms with Crippen LogP contribution in [-0.2, 0) is 27.8 Å². The topological polar surface area (TPSA) is 47.1 Å². The summed E-state index contributed by atoms with van der Waals surface area (Å²) < 4.78 is 0. The number of benzene rings is 2. The van der Waals surface area contributed by atoms with Crippen LogP contribution >= 0.6 is 0 Å². The molecule has 1 aliphatic carbocycles. The molecule has 0 bridgehead atoms. The van der Waals surface area contributed by atoms with E-state index in [4.69, 9.17) is 0 Å². The molecule has 6 heteroatoms. The maximum atomic E-state index is 13.7. The molecule has 1 spiro atoms. The van der Waals surface area contributed by atoms with Crippen molar-refractivity contribution >= 4 is 17.5 Å². The third-order valence-electron chi connectivity index (χ3n) is 9.95. The van der Waals surface area contributed by atoms with Crippen LogP contribution in [0.1, 0.15) is 55.2 Å². The monoisotopic (exact) mass is 514 g/mol. The van der Waals surface area contributed by atoms with Gasteiger partial charge in [-0.25, -0.2) is 0 Å². The largest absolute Gasteiger partial charge is 0.341 e. The van der Waals surface area contributed by atoms with Gasteiger partial charge >= 0.3 is 0 Å². The molecule has 3 aliphatic heterocycles. The summed E-state index contributed by atoms with van der Waals surface area (Å²) in [5, 5.41) is 0. The summed E-state index contributed by atoms with van der Waals surface area (Å²) in [5.41, 5.74) is 5.48. The van der Waals surface area contributed by atoms with Gasteiger partial charge in [-0.05, 0) is 93.9 Å². The molecule has 2 saturated heterocycles. The first kappa shape index (κ1) is 25.6. The van der Waals surface area contributed by atoms with Crippen molar-refractivity contribution in [3.63, 3.8) is 0 Å². The van der Waals surface area contributed by atoms with Crippen molar-refractivity contribution in [1.82, 2.24) is 14.7 Å². The zero-order valence-corrected chi connectivity index (χ0v) is 23.1. The highest BCUT2D eigenvalue weighted by Crippen LogP contribution is 2.46. The van der Waals surface area contributed by atoms with Crippen LogP contribution in [0.25, 0.3) is 0 Å². The lowest BCUT2D eigenvalue weighted by Gasteiger charge is -2.40. The van der Waals surface area contributed by atoms with Crippen molar-refractivity contribution in [2.75, 3.05) is 51.7 Å². The van der Waals surface area contributed by atoms with E-state index in [2.05, 4.69) is 54.2 Å². The molecule has 38 heavy (non-hydrogen) atoms. The average Bonchev–Trinajstić information content (AvgIpc) is 3.51. The smallest absolute Gasteiger partial charge is 0.246 e. The van der Waals surface area contributed by atoms with Gasteiger partial charge in [0.15, 0.2) is 0 Å². The van der Waals surface area contributed by atoms with Gasteiger partial charge in [0.25, 0.3) is 0 Å². The average molecular weight is 515 g/mol. The van der Waals surface area contributed by atoms with E-state index < -0.39 is 6.04 Å². The first-order valence-electron chi connectivity index (χ1n) is 14.6. The summed E-state index contributed by atoms with van der Waals surface area (Å²) in [7, 11) is 4.23. The third-order valence-corrected chi connectivity index (χ3v) is 9.95. The number of fused-ring (bicyclic) bond motifs is 3. The molecule has 2 aromatic rings. The zero-order valence-electron chi connectivity index (χ0n) is 23.1. The fourth-order valence-corrected chi connectivity index (χ4v) is 7.57. The number of hydrogen-bond donors (Lipinski definition) is 0. The van der Waals surface area contributed by atoms with Crippen molar-refractivity contribution in [2.24, 2.45) is 0 Å². The Balaban J connectivity index is 1.09. The molecular formula is C32H42N4O2. The minimum atomic E-state index is -0.407. The summed E-state index contributed by atoms with van der Waals surface area (Å²) in [6.07, 6.45) is 7.89. The molecule has 0 N–H and O–H groups in total. The third kappa shape index (κ3) is 4.66. The molecule has 202 valence electrons. The summed E-state index contributed by atoms with van der Waals surface area (Å²) in [4.78, 5) is 36.0. The fraction of sp³-hybridized carbons (Fsp3) is 0.562. The van der Waals surface area contributed by atoms with Gasteiger partial charge in [0.1, 0.15) is 6.04 Å². The zero-order chi connectivity index (χ0) is 26.3. The van der Waals surface area contributed by atoms with Crippen LogP contribution in [0.2, 0.25) is 0 Å². The molecule has 0 aromatic heterocycles. The summed E-state index contributed by atoms with van der Waals surface area (Å²) >= 11 is 0. The van der Waals surface area contributed by atoms with Crippen LogP contribution in [-0.4, -0.2) is 85.4 Å². The number of piperidine rings is 2. The number of carbonyl (C=O) groups is 2. The molecule has 2 fully saturated rings. The Labute approximate surface area is 227 Å². The molecule has 3 heterocycles. The summed E-state index contributed by atoms with van der Waals surface area (Å²) in [5.74, 6) is 0.203. The van der Waals surface area contributed by atoms with Crippen molar-refractivity contribution in [3.05, 3.63) is 65.2 Å². The lowest BCUT2D eigenvalue weighted by Crippen LogP contribution is -2.53. The first-order valence-corrected chi connectivity index (χ1v) is 14.6. The van der Waals surface area contributed by atoms with E-state index in [1.165, 1.54) is 31.2 Å². The Morgan fingerprint density at radius 1 is 0.895 bits per heavy atom. The number of nitrogens with zero attached hydrogens (tertiary/aromatic N) is 4. The first-order chi connectivity index (χ1) is 18.4. The Hall–Kier alpha value is -2.70. The predicted molar refractivity (Wildman–Crippen MR) is 151 cm³/mol. The number of amides is 2. The van der Waals surface area contributed by atoms with E-state index in [0.717, 1.165) is 56.8 Å². The molecule has 4 aliphatic rings. The number of aryl methyl sites for hydroxylation is 1. The molecule has 0 radical (unpaired) electrons. The SMILES string of the molecule is CN(C)C1CCN(C(=O)[C@@H]2Cc3ccccc3N2C(=O)CCN2CCC3(CCc4ccccc43)CC2)CC1.